The van der Waals surface area contributed by atoms with Gasteiger partial charge in [0.25, 0.3) is 11.8 Å². The molecule has 2 fully saturated rings. The summed E-state index contributed by atoms with van der Waals surface area (Å²) in [5.74, 6) is -1.33. The Morgan fingerprint density at radius 2 is 1.77 bits per heavy atom. The topological polar surface area (TPSA) is 108 Å². The first-order chi connectivity index (χ1) is 14.8. The maximum Gasteiger partial charge on any atom is 0.325 e. The molecule has 1 unspecified atom stereocenters. The molecule has 3 N–H and O–H groups in total. The van der Waals surface area contributed by atoms with Gasteiger partial charge < -0.3 is 16.0 Å². The Morgan fingerprint density at radius 3 is 2.45 bits per heavy atom. The van der Waals surface area contributed by atoms with Crippen LogP contribution in [0.15, 0.2) is 48.5 Å². The number of nitrogens with one attached hydrogen (secondary N) is 3. The molecule has 1 heterocycles. The largest absolute Gasteiger partial charge is 0.349 e. The van der Waals surface area contributed by atoms with Crippen LogP contribution < -0.4 is 16.0 Å². The highest BCUT2D eigenvalue weighted by Gasteiger charge is 2.49. The number of rotatable bonds is 6. The fraction of sp³-hybridized carbons (Fsp3) is 0.304. The van der Waals surface area contributed by atoms with Crippen LogP contribution in [0.3, 0.4) is 0 Å². The molecule has 31 heavy (non-hydrogen) atoms. The van der Waals surface area contributed by atoms with E-state index in [0.29, 0.717) is 16.8 Å². The summed E-state index contributed by atoms with van der Waals surface area (Å²) < 4.78 is 0. The molecule has 1 aliphatic carbocycles. The molecule has 160 valence electrons. The normalized spacial score (nSPS) is 20.4. The highest BCUT2D eigenvalue weighted by atomic mass is 16.2. The van der Waals surface area contributed by atoms with E-state index in [1.165, 1.54) is 0 Å². The molecule has 1 atom stereocenters. The number of carbonyl (C=O) groups is 4. The number of imide groups is 1. The third-order valence-electron chi connectivity index (χ3n) is 5.56. The van der Waals surface area contributed by atoms with Crippen LogP contribution >= 0.6 is 0 Å². The molecule has 0 spiro atoms. The summed E-state index contributed by atoms with van der Waals surface area (Å²) in [6, 6.07) is 13.5. The first-order valence-corrected chi connectivity index (χ1v) is 10.2. The van der Waals surface area contributed by atoms with E-state index in [1.807, 2.05) is 19.1 Å². The number of benzene rings is 2. The average molecular weight is 420 g/mol. The van der Waals surface area contributed by atoms with Crippen LogP contribution in [0.2, 0.25) is 0 Å². The van der Waals surface area contributed by atoms with Crippen molar-refractivity contribution >= 4 is 29.4 Å². The van der Waals surface area contributed by atoms with Crippen LogP contribution in [0.5, 0.6) is 0 Å². The Morgan fingerprint density at radius 1 is 1.10 bits per heavy atom. The quantitative estimate of drug-likeness (QED) is 0.623. The molecule has 0 aromatic heterocycles. The zero-order valence-electron chi connectivity index (χ0n) is 17.4. The third-order valence-corrected chi connectivity index (χ3v) is 5.56. The lowest BCUT2D eigenvalue weighted by Gasteiger charge is -2.22. The van der Waals surface area contributed by atoms with Gasteiger partial charge in [-0.15, -0.1) is 0 Å². The van der Waals surface area contributed by atoms with Crippen molar-refractivity contribution in [2.45, 2.75) is 38.3 Å². The van der Waals surface area contributed by atoms with Crippen LogP contribution in [-0.4, -0.2) is 41.2 Å². The zero-order chi connectivity index (χ0) is 22.2. The first-order valence-electron chi connectivity index (χ1n) is 10.2. The van der Waals surface area contributed by atoms with Gasteiger partial charge in [-0.05, 0) is 44.4 Å². The standard InChI is InChI=1S/C23H24N4O4/c1-14-7-9-15(10-8-14)23(2)21(30)27(22(31)26-23)13-19(28)25-18-6-4-3-5-17(18)20(29)24-16-11-12-16/h3-10,16H,11-13H2,1-2H3,(H,24,29)(H,25,28)(H,26,31). The number of amides is 5. The van der Waals surface area contributed by atoms with Crippen molar-refractivity contribution in [1.82, 2.24) is 15.5 Å². The summed E-state index contributed by atoms with van der Waals surface area (Å²) in [5, 5.41) is 8.23. The molecule has 8 nitrogen and oxygen atoms in total. The Labute approximate surface area is 180 Å². The van der Waals surface area contributed by atoms with Gasteiger partial charge in [-0.2, -0.15) is 0 Å². The van der Waals surface area contributed by atoms with Gasteiger partial charge in [-0.25, -0.2) is 4.79 Å². The molecule has 0 radical (unpaired) electrons. The molecule has 2 aliphatic rings. The zero-order valence-corrected chi connectivity index (χ0v) is 17.4. The number of urea groups is 1. The summed E-state index contributed by atoms with van der Waals surface area (Å²) in [5.41, 5.74) is 1.10. The summed E-state index contributed by atoms with van der Waals surface area (Å²) >= 11 is 0. The Bertz CT molecular complexity index is 1060. The highest BCUT2D eigenvalue weighted by Crippen LogP contribution is 2.29. The van der Waals surface area contributed by atoms with E-state index >= 15 is 0 Å². The maximum absolute atomic E-state index is 13.0. The summed E-state index contributed by atoms with van der Waals surface area (Å²) in [6.45, 7) is 3.10. The molecule has 1 saturated carbocycles. The lowest BCUT2D eigenvalue weighted by atomic mass is 9.91. The fourth-order valence-corrected chi connectivity index (χ4v) is 3.54. The molecule has 0 bridgehead atoms. The van der Waals surface area contributed by atoms with Crippen molar-refractivity contribution in [1.29, 1.82) is 0 Å². The summed E-state index contributed by atoms with van der Waals surface area (Å²) in [7, 11) is 0. The van der Waals surface area contributed by atoms with Gasteiger partial charge >= 0.3 is 6.03 Å². The Balaban J connectivity index is 1.47. The van der Waals surface area contributed by atoms with Crippen LogP contribution in [0, 0.1) is 6.92 Å². The number of nitrogens with zero attached hydrogens (tertiary/aromatic N) is 1. The van der Waals surface area contributed by atoms with Crippen molar-refractivity contribution in [3.63, 3.8) is 0 Å². The lowest BCUT2D eigenvalue weighted by Crippen LogP contribution is -2.42. The SMILES string of the molecule is Cc1ccc(C2(C)NC(=O)N(CC(=O)Nc3ccccc3C(=O)NC3CC3)C2=O)cc1. The predicted molar refractivity (Wildman–Crippen MR) is 114 cm³/mol. The molecule has 1 aliphatic heterocycles. The van der Waals surface area contributed by atoms with E-state index in [9.17, 15) is 19.2 Å². The molecule has 5 amide bonds. The predicted octanol–water partition coefficient (Wildman–Crippen LogP) is 2.29. The molecule has 1 saturated heterocycles. The number of para-hydroxylation sites is 1. The second kappa shape index (κ2) is 7.86. The van der Waals surface area contributed by atoms with E-state index in [0.717, 1.165) is 23.3 Å². The van der Waals surface area contributed by atoms with Crippen molar-refractivity contribution in [3.8, 4) is 0 Å². The van der Waals surface area contributed by atoms with Crippen molar-refractivity contribution in [2.75, 3.05) is 11.9 Å². The summed E-state index contributed by atoms with van der Waals surface area (Å²) in [6.07, 6.45) is 1.90. The number of aryl methyl sites for hydroxylation is 1. The second-order valence-electron chi connectivity index (χ2n) is 8.15. The van der Waals surface area contributed by atoms with Gasteiger partial charge in [-0.1, -0.05) is 42.0 Å². The smallest absolute Gasteiger partial charge is 0.325 e. The van der Waals surface area contributed by atoms with Crippen LogP contribution in [0.4, 0.5) is 10.5 Å². The molecule has 8 heteroatoms. The van der Waals surface area contributed by atoms with Gasteiger partial charge in [0.1, 0.15) is 12.1 Å². The maximum atomic E-state index is 13.0. The minimum absolute atomic E-state index is 0.182. The Kier molecular flexibility index (Phi) is 5.22. The minimum Gasteiger partial charge on any atom is -0.349 e. The molecule has 2 aromatic carbocycles. The van der Waals surface area contributed by atoms with Crippen LogP contribution in [0.25, 0.3) is 0 Å². The number of hydrogen-bond donors (Lipinski definition) is 3. The molecule has 4 rings (SSSR count). The fourth-order valence-electron chi connectivity index (χ4n) is 3.54. The van der Waals surface area contributed by atoms with E-state index in [1.54, 1.807) is 43.3 Å². The van der Waals surface area contributed by atoms with E-state index in [4.69, 9.17) is 0 Å². The van der Waals surface area contributed by atoms with Gasteiger partial charge in [-0.3, -0.25) is 19.3 Å². The van der Waals surface area contributed by atoms with Gasteiger partial charge in [0.15, 0.2) is 0 Å². The van der Waals surface area contributed by atoms with E-state index in [-0.39, 0.29) is 11.9 Å². The van der Waals surface area contributed by atoms with Crippen LogP contribution in [-0.2, 0) is 15.1 Å². The average Bonchev–Trinajstić information content (AvgIpc) is 3.52. The molecular formula is C23H24N4O4. The highest BCUT2D eigenvalue weighted by molar-refractivity contribution is 6.11. The lowest BCUT2D eigenvalue weighted by molar-refractivity contribution is -0.133. The van der Waals surface area contributed by atoms with E-state index < -0.39 is 29.9 Å². The van der Waals surface area contributed by atoms with E-state index in [2.05, 4.69) is 16.0 Å². The van der Waals surface area contributed by atoms with Crippen LogP contribution in [0.1, 0.15) is 41.3 Å². The van der Waals surface area contributed by atoms with Crippen molar-refractivity contribution in [2.24, 2.45) is 0 Å². The molecule has 2 aromatic rings. The third kappa shape index (κ3) is 4.14. The number of hydrogen-bond acceptors (Lipinski definition) is 4. The van der Waals surface area contributed by atoms with Crippen molar-refractivity contribution in [3.05, 3.63) is 65.2 Å². The van der Waals surface area contributed by atoms with Gasteiger partial charge in [0.2, 0.25) is 5.91 Å². The van der Waals surface area contributed by atoms with Gasteiger partial charge in [0.05, 0.1) is 11.3 Å². The first kappa shape index (κ1) is 20.6. The van der Waals surface area contributed by atoms with Crippen molar-refractivity contribution < 1.29 is 19.2 Å². The Hall–Kier alpha value is -3.68. The number of anilines is 1. The monoisotopic (exact) mass is 420 g/mol. The summed E-state index contributed by atoms with van der Waals surface area (Å²) in [4.78, 5) is 51.5. The second-order valence-corrected chi connectivity index (χ2v) is 8.15. The van der Waals surface area contributed by atoms with Gasteiger partial charge in [0, 0.05) is 6.04 Å². The minimum atomic E-state index is -1.24. The molecular weight excluding hydrogens is 396 g/mol. The number of carbonyl (C=O) groups excluding carboxylic acids is 4.